The summed E-state index contributed by atoms with van der Waals surface area (Å²) in [5.41, 5.74) is 3.92. The molecule has 0 amide bonds. The van der Waals surface area contributed by atoms with E-state index in [1.54, 1.807) is 36.4 Å². The SMILES string of the molecule is CCc1ccc(/C=C2\Oc3cc(OCc4ccccc4F)cc(C)c3C2=O)cc1. The van der Waals surface area contributed by atoms with Crippen LogP contribution in [0.1, 0.15) is 39.5 Å². The van der Waals surface area contributed by atoms with Crippen LogP contribution in [0.25, 0.3) is 6.08 Å². The Kier molecular flexibility index (Phi) is 5.17. The molecule has 3 nitrogen and oxygen atoms in total. The minimum Gasteiger partial charge on any atom is -0.489 e. The number of allylic oxidation sites excluding steroid dienone is 1. The fourth-order valence-corrected chi connectivity index (χ4v) is 3.34. The molecule has 0 saturated carbocycles. The zero-order chi connectivity index (χ0) is 20.4. The van der Waals surface area contributed by atoms with Crippen LogP contribution < -0.4 is 9.47 Å². The first kappa shape index (κ1) is 18.9. The third kappa shape index (κ3) is 3.92. The summed E-state index contributed by atoms with van der Waals surface area (Å²) in [6, 6.07) is 18.0. The molecular weight excluding hydrogens is 367 g/mol. The number of halogens is 1. The molecule has 0 aromatic heterocycles. The molecule has 0 unspecified atom stereocenters. The van der Waals surface area contributed by atoms with Crippen molar-refractivity contribution in [2.75, 3.05) is 0 Å². The fourth-order valence-electron chi connectivity index (χ4n) is 3.34. The molecular formula is C25H21FO3. The largest absolute Gasteiger partial charge is 0.489 e. The molecule has 0 fully saturated rings. The van der Waals surface area contributed by atoms with E-state index in [9.17, 15) is 9.18 Å². The molecule has 4 rings (SSSR count). The van der Waals surface area contributed by atoms with Gasteiger partial charge in [0, 0.05) is 11.6 Å². The Morgan fingerprint density at radius 3 is 2.55 bits per heavy atom. The van der Waals surface area contributed by atoms with Gasteiger partial charge in [-0.15, -0.1) is 0 Å². The van der Waals surface area contributed by atoms with Gasteiger partial charge in [-0.05, 0) is 48.2 Å². The highest BCUT2D eigenvalue weighted by atomic mass is 19.1. The second kappa shape index (κ2) is 7.92. The second-order valence-corrected chi connectivity index (χ2v) is 7.03. The van der Waals surface area contributed by atoms with Crippen LogP contribution in [0.4, 0.5) is 4.39 Å². The Bertz CT molecular complexity index is 1100. The van der Waals surface area contributed by atoms with E-state index in [4.69, 9.17) is 9.47 Å². The molecule has 1 aliphatic heterocycles. The number of benzene rings is 3. The third-order valence-electron chi connectivity index (χ3n) is 4.98. The van der Waals surface area contributed by atoms with Crippen molar-refractivity contribution >= 4 is 11.9 Å². The van der Waals surface area contributed by atoms with Crippen molar-refractivity contribution in [3.05, 3.63) is 100 Å². The summed E-state index contributed by atoms with van der Waals surface area (Å²) in [7, 11) is 0. The molecule has 1 aliphatic rings. The summed E-state index contributed by atoms with van der Waals surface area (Å²) < 4.78 is 25.4. The van der Waals surface area contributed by atoms with Crippen molar-refractivity contribution in [3.8, 4) is 11.5 Å². The van der Waals surface area contributed by atoms with E-state index in [2.05, 4.69) is 6.92 Å². The Morgan fingerprint density at radius 2 is 1.83 bits per heavy atom. The first-order valence-corrected chi connectivity index (χ1v) is 9.59. The molecule has 29 heavy (non-hydrogen) atoms. The van der Waals surface area contributed by atoms with E-state index in [1.165, 1.54) is 11.6 Å². The minimum absolute atomic E-state index is 0.103. The average molecular weight is 388 g/mol. The number of Topliss-reactive ketones (excluding diaryl/α,β-unsaturated/α-hetero) is 1. The number of rotatable bonds is 5. The number of carbonyl (C=O) groups excluding carboxylic acids is 1. The van der Waals surface area contributed by atoms with Gasteiger partial charge in [0.1, 0.15) is 23.9 Å². The lowest BCUT2D eigenvalue weighted by molar-refractivity contribution is 0.101. The van der Waals surface area contributed by atoms with E-state index in [1.807, 2.05) is 31.2 Å². The van der Waals surface area contributed by atoms with Crippen LogP contribution in [-0.2, 0) is 13.0 Å². The number of ketones is 1. The van der Waals surface area contributed by atoms with Crippen LogP contribution in [0, 0.1) is 12.7 Å². The number of hydrogen-bond donors (Lipinski definition) is 0. The molecule has 1 heterocycles. The summed E-state index contributed by atoms with van der Waals surface area (Å²) >= 11 is 0. The van der Waals surface area contributed by atoms with Crippen LogP contribution in [-0.4, -0.2) is 5.78 Å². The lowest BCUT2D eigenvalue weighted by Gasteiger charge is -2.09. The van der Waals surface area contributed by atoms with Crippen molar-refractivity contribution < 1.29 is 18.7 Å². The summed E-state index contributed by atoms with van der Waals surface area (Å²) in [6.07, 6.45) is 2.72. The highest BCUT2D eigenvalue weighted by Gasteiger charge is 2.30. The van der Waals surface area contributed by atoms with Crippen molar-refractivity contribution in [2.24, 2.45) is 0 Å². The fraction of sp³-hybridized carbons (Fsp3) is 0.160. The molecule has 3 aromatic rings. The number of ether oxygens (including phenoxy) is 2. The molecule has 4 heteroatoms. The highest BCUT2D eigenvalue weighted by Crippen LogP contribution is 2.37. The lowest BCUT2D eigenvalue weighted by atomic mass is 10.0. The molecule has 3 aromatic carbocycles. The van der Waals surface area contributed by atoms with E-state index in [0.29, 0.717) is 28.4 Å². The topological polar surface area (TPSA) is 35.5 Å². The van der Waals surface area contributed by atoms with Gasteiger partial charge in [0.15, 0.2) is 5.76 Å². The quantitative estimate of drug-likeness (QED) is 0.511. The van der Waals surface area contributed by atoms with Gasteiger partial charge in [-0.3, -0.25) is 4.79 Å². The van der Waals surface area contributed by atoms with Crippen LogP contribution >= 0.6 is 0 Å². The van der Waals surface area contributed by atoms with E-state index in [0.717, 1.165) is 17.5 Å². The predicted octanol–water partition coefficient (Wildman–Crippen LogP) is 5.89. The van der Waals surface area contributed by atoms with Gasteiger partial charge < -0.3 is 9.47 Å². The van der Waals surface area contributed by atoms with Crippen molar-refractivity contribution in [1.29, 1.82) is 0 Å². The van der Waals surface area contributed by atoms with Crippen LogP contribution in [0.15, 0.2) is 66.4 Å². The Hall–Kier alpha value is -3.40. The van der Waals surface area contributed by atoms with E-state index in [-0.39, 0.29) is 18.2 Å². The molecule has 0 bridgehead atoms. The minimum atomic E-state index is -0.309. The van der Waals surface area contributed by atoms with Gasteiger partial charge in [0.25, 0.3) is 0 Å². The summed E-state index contributed by atoms with van der Waals surface area (Å²) in [6.45, 7) is 4.04. The maximum Gasteiger partial charge on any atom is 0.232 e. The maximum absolute atomic E-state index is 13.8. The van der Waals surface area contributed by atoms with Gasteiger partial charge in [0.05, 0.1) is 5.56 Å². The molecule has 0 spiro atoms. The first-order valence-electron chi connectivity index (χ1n) is 9.59. The predicted molar refractivity (Wildman–Crippen MR) is 111 cm³/mol. The molecule has 0 N–H and O–H groups in total. The normalized spacial score (nSPS) is 14.0. The first-order chi connectivity index (χ1) is 14.0. The zero-order valence-electron chi connectivity index (χ0n) is 16.4. The molecule has 0 radical (unpaired) electrons. The van der Waals surface area contributed by atoms with Gasteiger partial charge in [-0.1, -0.05) is 49.4 Å². The number of carbonyl (C=O) groups is 1. The smallest absolute Gasteiger partial charge is 0.232 e. The van der Waals surface area contributed by atoms with E-state index >= 15 is 0 Å². The summed E-state index contributed by atoms with van der Waals surface area (Å²) in [4.78, 5) is 12.8. The Labute approximate surface area is 169 Å². The summed E-state index contributed by atoms with van der Waals surface area (Å²) in [5, 5.41) is 0. The van der Waals surface area contributed by atoms with Crippen molar-refractivity contribution in [3.63, 3.8) is 0 Å². The monoisotopic (exact) mass is 388 g/mol. The molecule has 0 aliphatic carbocycles. The number of fused-ring (bicyclic) bond motifs is 1. The Morgan fingerprint density at radius 1 is 1.07 bits per heavy atom. The van der Waals surface area contributed by atoms with Gasteiger partial charge in [0.2, 0.25) is 5.78 Å². The van der Waals surface area contributed by atoms with Crippen LogP contribution in [0.2, 0.25) is 0 Å². The van der Waals surface area contributed by atoms with Gasteiger partial charge >= 0.3 is 0 Å². The third-order valence-corrected chi connectivity index (χ3v) is 4.98. The van der Waals surface area contributed by atoms with Crippen molar-refractivity contribution in [1.82, 2.24) is 0 Å². The lowest BCUT2D eigenvalue weighted by Crippen LogP contribution is -2.00. The Balaban J connectivity index is 1.56. The molecule has 0 saturated heterocycles. The number of aryl methyl sites for hydroxylation is 2. The zero-order valence-corrected chi connectivity index (χ0v) is 16.4. The van der Waals surface area contributed by atoms with Gasteiger partial charge in [-0.2, -0.15) is 0 Å². The van der Waals surface area contributed by atoms with Crippen LogP contribution in [0.3, 0.4) is 0 Å². The average Bonchev–Trinajstić information content (AvgIpc) is 3.03. The van der Waals surface area contributed by atoms with Gasteiger partial charge in [-0.25, -0.2) is 4.39 Å². The van der Waals surface area contributed by atoms with E-state index < -0.39 is 0 Å². The van der Waals surface area contributed by atoms with Crippen molar-refractivity contribution in [2.45, 2.75) is 26.9 Å². The highest BCUT2D eigenvalue weighted by molar-refractivity contribution is 6.15. The maximum atomic E-state index is 13.8. The molecule has 0 atom stereocenters. The standard InChI is InChI=1S/C25H21FO3/c1-3-17-8-10-18(11-9-17)13-23-25(27)24-16(2)12-20(14-22(24)29-23)28-15-19-6-4-5-7-21(19)26/h4-14H,3,15H2,1-2H3/b23-13-. The molecule has 146 valence electrons. The summed E-state index contributed by atoms with van der Waals surface area (Å²) in [5.74, 6) is 0.841. The number of hydrogen-bond acceptors (Lipinski definition) is 3. The second-order valence-electron chi connectivity index (χ2n) is 7.03. The van der Waals surface area contributed by atoms with Crippen LogP contribution in [0.5, 0.6) is 11.5 Å².